The van der Waals surface area contributed by atoms with Crippen molar-refractivity contribution in [1.82, 2.24) is 10.0 Å². The number of fused-ring (bicyclic) bond motifs is 1. The van der Waals surface area contributed by atoms with Gasteiger partial charge in [0.1, 0.15) is 6.61 Å². The maximum absolute atomic E-state index is 11.9. The Morgan fingerprint density at radius 2 is 2.00 bits per heavy atom. The van der Waals surface area contributed by atoms with E-state index in [1.165, 1.54) is 0 Å². The molecule has 0 saturated carbocycles. The maximum Gasteiger partial charge on any atom is 0.264 e. The van der Waals surface area contributed by atoms with Gasteiger partial charge in [0, 0.05) is 13.1 Å². The highest BCUT2D eigenvalue weighted by Crippen LogP contribution is 2.30. The predicted molar refractivity (Wildman–Crippen MR) is 76.8 cm³/mol. The molecule has 2 N–H and O–H groups in total. The molecule has 0 fully saturated rings. The number of amides is 1. The van der Waals surface area contributed by atoms with Crippen molar-refractivity contribution in [2.75, 3.05) is 26.0 Å². The molecule has 0 saturated heterocycles. The van der Waals surface area contributed by atoms with Crippen molar-refractivity contribution in [3.63, 3.8) is 0 Å². The molecule has 1 amide bonds. The van der Waals surface area contributed by atoms with Crippen LogP contribution in [0.1, 0.15) is 6.42 Å². The van der Waals surface area contributed by atoms with Gasteiger partial charge in [0.15, 0.2) is 11.5 Å². The average molecular weight is 314 g/mol. The SMILES string of the molecule is CS(=O)(=O)NCCCNC(=O)[C@H]1COc2ccccc2O1. The summed E-state index contributed by atoms with van der Waals surface area (Å²) < 4.78 is 35.1. The number of para-hydroxylation sites is 2. The van der Waals surface area contributed by atoms with E-state index in [4.69, 9.17) is 9.47 Å². The standard InChI is InChI=1S/C13H18N2O5S/c1-21(17,18)15-8-4-7-14-13(16)12-9-19-10-5-2-3-6-11(10)20-12/h2-3,5-6,12,15H,4,7-9H2,1H3,(H,14,16)/t12-/m1/s1. The van der Waals surface area contributed by atoms with E-state index in [0.29, 0.717) is 24.5 Å². The number of carbonyl (C=O) groups excluding carboxylic acids is 1. The zero-order valence-electron chi connectivity index (χ0n) is 11.7. The van der Waals surface area contributed by atoms with E-state index in [1.54, 1.807) is 18.2 Å². The van der Waals surface area contributed by atoms with Crippen LogP contribution in [0.2, 0.25) is 0 Å². The number of rotatable bonds is 6. The van der Waals surface area contributed by atoms with Crippen molar-refractivity contribution in [2.45, 2.75) is 12.5 Å². The number of ether oxygens (including phenoxy) is 2. The number of hydrogen-bond donors (Lipinski definition) is 2. The fraction of sp³-hybridized carbons (Fsp3) is 0.462. The van der Waals surface area contributed by atoms with Gasteiger partial charge in [-0.2, -0.15) is 0 Å². The van der Waals surface area contributed by atoms with Gasteiger partial charge in [0.05, 0.1) is 6.26 Å². The lowest BCUT2D eigenvalue weighted by Crippen LogP contribution is -2.44. The molecular weight excluding hydrogens is 296 g/mol. The van der Waals surface area contributed by atoms with Crippen LogP contribution in [0.5, 0.6) is 11.5 Å². The predicted octanol–water partition coefficient (Wildman–Crippen LogP) is -0.118. The van der Waals surface area contributed by atoms with Crippen LogP contribution in [-0.4, -0.2) is 46.4 Å². The fourth-order valence-corrected chi connectivity index (χ4v) is 2.34. The van der Waals surface area contributed by atoms with Crippen LogP contribution < -0.4 is 19.5 Å². The van der Waals surface area contributed by atoms with Gasteiger partial charge in [0.25, 0.3) is 5.91 Å². The van der Waals surface area contributed by atoms with Crippen LogP contribution in [0.15, 0.2) is 24.3 Å². The van der Waals surface area contributed by atoms with Gasteiger partial charge >= 0.3 is 0 Å². The van der Waals surface area contributed by atoms with Gasteiger partial charge in [-0.3, -0.25) is 4.79 Å². The molecule has 1 heterocycles. The molecule has 116 valence electrons. The molecule has 8 heteroatoms. The van der Waals surface area contributed by atoms with Gasteiger partial charge in [-0.1, -0.05) is 12.1 Å². The molecule has 0 aromatic heterocycles. The first kappa shape index (κ1) is 15.6. The highest BCUT2D eigenvalue weighted by atomic mass is 32.2. The molecule has 1 atom stereocenters. The Morgan fingerprint density at radius 1 is 1.29 bits per heavy atom. The first-order valence-electron chi connectivity index (χ1n) is 6.56. The summed E-state index contributed by atoms with van der Waals surface area (Å²) in [5, 5.41) is 2.69. The molecule has 1 aliphatic rings. The summed E-state index contributed by atoms with van der Waals surface area (Å²) in [6.07, 6.45) is 0.905. The van der Waals surface area contributed by atoms with Gasteiger partial charge in [-0.05, 0) is 18.6 Å². The second kappa shape index (κ2) is 6.77. The Balaban J connectivity index is 1.73. The molecule has 1 aliphatic heterocycles. The van der Waals surface area contributed by atoms with E-state index < -0.39 is 16.1 Å². The summed E-state index contributed by atoms with van der Waals surface area (Å²) >= 11 is 0. The summed E-state index contributed by atoms with van der Waals surface area (Å²) in [6, 6.07) is 7.15. The number of carbonyl (C=O) groups is 1. The molecule has 0 bridgehead atoms. The molecule has 0 unspecified atom stereocenters. The minimum Gasteiger partial charge on any atom is -0.485 e. The van der Waals surface area contributed by atoms with E-state index >= 15 is 0 Å². The summed E-state index contributed by atoms with van der Waals surface area (Å²) in [7, 11) is -3.19. The zero-order valence-corrected chi connectivity index (χ0v) is 12.5. The maximum atomic E-state index is 11.9. The Bertz CT molecular complexity index is 602. The van der Waals surface area contributed by atoms with Gasteiger partial charge in [-0.15, -0.1) is 0 Å². The minimum atomic E-state index is -3.19. The highest BCUT2D eigenvalue weighted by Gasteiger charge is 2.26. The lowest BCUT2D eigenvalue weighted by atomic mass is 10.2. The van der Waals surface area contributed by atoms with Crippen molar-refractivity contribution in [3.05, 3.63) is 24.3 Å². The van der Waals surface area contributed by atoms with Crippen molar-refractivity contribution in [1.29, 1.82) is 0 Å². The second-order valence-electron chi connectivity index (χ2n) is 4.68. The molecule has 0 spiro atoms. The lowest BCUT2D eigenvalue weighted by Gasteiger charge is -2.25. The molecule has 1 aromatic carbocycles. The van der Waals surface area contributed by atoms with Crippen LogP contribution >= 0.6 is 0 Å². The van der Waals surface area contributed by atoms with Crippen LogP contribution in [0.25, 0.3) is 0 Å². The third-order valence-electron chi connectivity index (χ3n) is 2.82. The minimum absolute atomic E-state index is 0.157. The van der Waals surface area contributed by atoms with E-state index in [2.05, 4.69) is 10.0 Å². The van der Waals surface area contributed by atoms with Crippen molar-refractivity contribution >= 4 is 15.9 Å². The number of nitrogens with one attached hydrogen (secondary N) is 2. The van der Waals surface area contributed by atoms with Crippen LogP contribution in [0, 0.1) is 0 Å². The van der Waals surface area contributed by atoms with Crippen molar-refractivity contribution in [3.8, 4) is 11.5 Å². The third kappa shape index (κ3) is 4.91. The molecule has 1 aromatic rings. The van der Waals surface area contributed by atoms with Crippen LogP contribution in [-0.2, 0) is 14.8 Å². The Morgan fingerprint density at radius 3 is 2.71 bits per heavy atom. The zero-order chi connectivity index (χ0) is 15.3. The normalized spacial score (nSPS) is 17.3. The van der Waals surface area contributed by atoms with Gasteiger partial charge in [0.2, 0.25) is 16.1 Å². The topological polar surface area (TPSA) is 93.7 Å². The summed E-state index contributed by atoms with van der Waals surface area (Å²) in [6.45, 7) is 0.803. The fourth-order valence-electron chi connectivity index (χ4n) is 1.82. The molecular formula is C13H18N2O5S. The van der Waals surface area contributed by atoms with E-state index in [0.717, 1.165) is 6.26 Å². The number of hydrogen-bond acceptors (Lipinski definition) is 5. The molecule has 7 nitrogen and oxygen atoms in total. The van der Waals surface area contributed by atoms with E-state index in [9.17, 15) is 13.2 Å². The Kier molecular flexibility index (Phi) is 5.03. The summed E-state index contributed by atoms with van der Waals surface area (Å²) in [5.41, 5.74) is 0. The Hall–Kier alpha value is -1.80. The van der Waals surface area contributed by atoms with Gasteiger partial charge < -0.3 is 14.8 Å². The molecule has 0 radical (unpaired) electrons. The quantitative estimate of drug-likeness (QED) is 0.714. The average Bonchev–Trinajstić information content (AvgIpc) is 2.45. The van der Waals surface area contributed by atoms with Crippen LogP contribution in [0.4, 0.5) is 0 Å². The first-order chi connectivity index (χ1) is 9.96. The molecule has 0 aliphatic carbocycles. The van der Waals surface area contributed by atoms with Gasteiger partial charge in [-0.25, -0.2) is 13.1 Å². The first-order valence-corrected chi connectivity index (χ1v) is 8.46. The summed E-state index contributed by atoms with van der Waals surface area (Å²) in [4.78, 5) is 11.9. The van der Waals surface area contributed by atoms with E-state index in [-0.39, 0.29) is 19.1 Å². The third-order valence-corrected chi connectivity index (χ3v) is 3.55. The van der Waals surface area contributed by atoms with E-state index in [1.807, 2.05) is 6.07 Å². The molecule has 2 rings (SSSR count). The van der Waals surface area contributed by atoms with Crippen molar-refractivity contribution < 1.29 is 22.7 Å². The highest BCUT2D eigenvalue weighted by molar-refractivity contribution is 7.88. The largest absolute Gasteiger partial charge is 0.485 e. The molecule has 21 heavy (non-hydrogen) atoms. The smallest absolute Gasteiger partial charge is 0.264 e. The summed E-state index contributed by atoms with van der Waals surface area (Å²) in [5.74, 6) is 0.894. The number of benzene rings is 1. The Labute approximate surface area is 123 Å². The van der Waals surface area contributed by atoms with Crippen molar-refractivity contribution in [2.24, 2.45) is 0 Å². The second-order valence-corrected chi connectivity index (χ2v) is 6.51. The lowest BCUT2D eigenvalue weighted by molar-refractivity contribution is -0.130. The number of sulfonamides is 1. The van der Waals surface area contributed by atoms with Crippen LogP contribution in [0.3, 0.4) is 0 Å². The monoisotopic (exact) mass is 314 g/mol.